The van der Waals surface area contributed by atoms with E-state index in [1.54, 1.807) is 17.4 Å². The Morgan fingerprint density at radius 1 is 1.24 bits per heavy atom. The van der Waals surface area contributed by atoms with Gasteiger partial charge < -0.3 is 0 Å². The van der Waals surface area contributed by atoms with Crippen LogP contribution >= 0.6 is 50.5 Å². The van der Waals surface area contributed by atoms with Gasteiger partial charge >= 0.3 is 0 Å². The van der Waals surface area contributed by atoms with Crippen LogP contribution in [0.25, 0.3) is 0 Å². The highest BCUT2D eigenvalue weighted by Gasteiger charge is 2.19. The third-order valence-electron chi connectivity index (χ3n) is 2.41. The van der Waals surface area contributed by atoms with Crippen LogP contribution < -0.4 is 11.3 Å². The molecule has 3 N–H and O–H groups in total. The van der Waals surface area contributed by atoms with Crippen LogP contribution in [0.15, 0.2) is 33.4 Å². The molecule has 2 aromatic rings. The average molecular weight is 352 g/mol. The molecule has 0 amide bonds. The quantitative estimate of drug-likeness (QED) is 0.636. The molecule has 1 atom stereocenters. The van der Waals surface area contributed by atoms with Crippen LogP contribution in [0.1, 0.15) is 17.2 Å². The zero-order valence-electron chi connectivity index (χ0n) is 8.58. The van der Waals surface area contributed by atoms with E-state index in [1.165, 1.54) is 0 Å². The lowest BCUT2D eigenvalue weighted by atomic mass is 10.0. The van der Waals surface area contributed by atoms with Gasteiger partial charge in [-0.2, -0.15) is 11.3 Å². The Balaban J connectivity index is 2.50. The van der Waals surface area contributed by atoms with Crippen LogP contribution in [0, 0.1) is 0 Å². The summed E-state index contributed by atoms with van der Waals surface area (Å²) in [5, 5.41) is 5.07. The minimum Gasteiger partial charge on any atom is -0.271 e. The van der Waals surface area contributed by atoms with Crippen molar-refractivity contribution < 1.29 is 0 Å². The second kappa shape index (κ2) is 5.69. The fourth-order valence-electron chi connectivity index (χ4n) is 1.59. The van der Waals surface area contributed by atoms with Crippen LogP contribution in [0.3, 0.4) is 0 Å². The molecular weight excluding hydrogens is 343 g/mol. The van der Waals surface area contributed by atoms with Gasteiger partial charge in [-0.1, -0.05) is 35.3 Å². The highest BCUT2D eigenvalue weighted by molar-refractivity contribution is 9.10. The molecule has 0 spiro atoms. The van der Waals surface area contributed by atoms with E-state index < -0.39 is 0 Å². The van der Waals surface area contributed by atoms with E-state index in [4.69, 9.17) is 29.0 Å². The van der Waals surface area contributed by atoms with E-state index in [0.29, 0.717) is 10.0 Å². The molecule has 0 saturated carbocycles. The summed E-state index contributed by atoms with van der Waals surface area (Å²) in [6, 6.07) is 5.34. The highest BCUT2D eigenvalue weighted by Crippen LogP contribution is 2.36. The number of hydrogen-bond donors (Lipinski definition) is 2. The molecule has 0 aliphatic rings. The zero-order valence-corrected chi connectivity index (χ0v) is 12.5. The first kappa shape index (κ1) is 13.3. The molecule has 1 unspecified atom stereocenters. The van der Waals surface area contributed by atoms with Gasteiger partial charge in [0.05, 0.1) is 16.1 Å². The van der Waals surface area contributed by atoms with Gasteiger partial charge in [0.2, 0.25) is 0 Å². The number of thiophene rings is 1. The standard InChI is InChI=1S/C11H9BrCl2N2S/c12-8-5-17-4-7(8)11(16-15)6-2-1-3-9(13)10(6)14/h1-5,11,16H,15H2. The Morgan fingerprint density at radius 3 is 2.59 bits per heavy atom. The predicted molar refractivity (Wildman–Crippen MR) is 77.6 cm³/mol. The number of hydrogen-bond acceptors (Lipinski definition) is 3. The minimum atomic E-state index is -0.179. The van der Waals surface area contributed by atoms with Crippen molar-refractivity contribution in [1.82, 2.24) is 5.43 Å². The van der Waals surface area contributed by atoms with Crippen molar-refractivity contribution in [3.05, 3.63) is 54.6 Å². The number of benzene rings is 1. The summed E-state index contributed by atoms with van der Waals surface area (Å²) < 4.78 is 1.00. The van der Waals surface area contributed by atoms with Gasteiger partial charge in [-0.15, -0.1) is 0 Å². The van der Waals surface area contributed by atoms with Gasteiger partial charge in [-0.3, -0.25) is 5.84 Å². The fourth-order valence-corrected chi connectivity index (χ4v) is 3.56. The second-order valence-corrected chi connectivity index (χ2v) is 5.80. The van der Waals surface area contributed by atoms with Crippen LogP contribution in [0.5, 0.6) is 0 Å². The van der Waals surface area contributed by atoms with Crippen molar-refractivity contribution in [3.8, 4) is 0 Å². The van der Waals surface area contributed by atoms with Crippen molar-refractivity contribution in [2.75, 3.05) is 0 Å². The van der Waals surface area contributed by atoms with E-state index in [-0.39, 0.29) is 6.04 Å². The van der Waals surface area contributed by atoms with Crippen LogP contribution in [-0.4, -0.2) is 0 Å². The third-order valence-corrected chi connectivity index (χ3v) is 5.00. The van der Waals surface area contributed by atoms with E-state index in [9.17, 15) is 0 Å². The molecular formula is C11H9BrCl2N2S. The summed E-state index contributed by atoms with van der Waals surface area (Å²) in [5.74, 6) is 5.62. The van der Waals surface area contributed by atoms with Crippen molar-refractivity contribution >= 4 is 50.5 Å². The highest BCUT2D eigenvalue weighted by atomic mass is 79.9. The van der Waals surface area contributed by atoms with Gasteiger partial charge in [0, 0.05) is 9.85 Å². The Morgan fingerprint density at radius 2 is 2.00 bits per heavy atom. The molecule has 0 aliphatic carbocycles. The normalized spacial score (nSPS) is 12.7. The largest absolute Gasteiger partial charge is 0.271 e. The lowest BCUT2D eigenvalue weighted by molar-refractivity contribution is 0.637. The van der Waals surface area contributed by atoms with Crippen molar-refractivity contribution in [2.24, 2.45) is 5.84 Å². The van der Waals surface area contributed by atoms with Gasteiger partial charge in [-0.25, -0.2) is 5.43 Å². The van der Waals surface area contributed by atoms with Crippen LogP contribution in [0.4, 0.5) is 0 Å². The minimum absolute atomic E-state index is 0.179. The van der Waals surface area contributed by atoms with Gasteiger partial charge in [0.1, 0.15) is 0 Å². The number of rotatable bonds is 3. The number of nitrogens with one attached hydrogen (secondary N) is 1. The molecule has 17 heavy (non-hydrogen) atoms. The molecule has 2 rings (SSSR count). The summed E-state index contributed by atoms with van der Waals surface area (Å²) in [6.07, 6.45) is 0. The third kappa shape index (κ3) is 2.67. The maximum Gasteiger partial charge on any atom is 0.0744 e. The van der Waals surface area contributed by atoms with Gasteiger partial charge in [0.15, 0.2) is 0 Å². The fraction of sp³-hybridized carbons (Fsp3) is 0.0909. The van der Waals surface area contributed by atoms with E-state index in [0.717, 1.165) is 15.6 Å². The van der Waals surface area contributed by atoms with Crippen molar-refractivity contribution in [1.29, 1.82) is 0 Å². The van der Waals surface area contributed by atoms with Crippen molar-refractivity contribution in [3.63, 3.8) is 0 Å². The predicted octanol–water partition coefficient (Wildman–Crippen LogP) is 4.37. The summed E-state index contributed by atoms with van der Waals surface area (Å²) in [7, 11) is 0. The van der Waals surface area contributed by atoms with Crippen molar-refractivity contribution in [2.45, 2.75) is 6.04 Å². The van der Waals surface area contributed by atoms with E-state index in [1.807, 2.05) is 22.9 Å². The smallest absolute Gasteiger partial charge is 0.0744 e. The van der Waals surface area contributed by atoms with Gasteiger partial charge in [-0.05, 0) is 38.5 Å². The van der Waals surface area contributed by atoms with E-state index >= 15 is 0 Å². The Bertz CT molecular complexity index is 530. The molecule has 0 saturated heterocycles. The monoisotopic (exact) mass is 350 g/mol. The number of halogens is 3. The van der Waals surface area contributed by atoms with Gasteiger partial charge in [0.25, 0.3) is 0 Å². The molecule has 1 aromatic heterocycles. The number of hydrazine groups is 1. The Kier molecular flexibility index (Phi) is 4.47. The number of nitrogens with two attached hydrogens (primary N) is 1. The molecule has 0 bridgehead atoms. The summed E-state index contributed by atoms with van der Waals surface area (Å²) >= 11 is 17.3. The van der Waals surface area contributed by atoms with E-state index in [2.05, 4.69) is 21.4 Å². The Labute approximate surface area is 122 Å². The lowest BCUT2D eigenvalue weighted by Crippen LogP contribution is -2.29. The first-order valence-corrected chi connectivity index (χ1v) is 7.26. The van der Waals surface area contributed by atoms with Crippen LogP contribution in [-0.2, 0) is 0 Å². The Hall–Kier alpha value is -0.100. The average Bonchev–Trinajstić information content (AvgIpc) is 2.72. The topological polar surface area (TPSA) is 38.0 Å². The van der Waals surface area contributed by atoms with Crippen LogP contribution in [0.2, 0.25) is 10.0 Å². The first-order chi connectivity index (χ1) is 8.15. The molecule has 0 aliphatic heterocycles. The molecule has 0 radical (unpaired) electrons. The lowest BCUT2D eigenvalue weighted by Gasteiger charge is -2.18. The summed E-state index contributed by atoms with van der Waals surface area (Å²) in [4.78, 5) is 0. The second-order valence-electron chi connectivity index (χ2n) is 3.42. The molecule has 0 fully saturated rings. The molecule has 2 nitrogen and oxygen atoms in total. The first-order valence-electron chi connectivity index (χ1n) is 4.76. The molecule has 1 heterocycles. The summed E-state index contributed by atoms with van der Waals surface area (Å²) in [6.45, 7) is 0. The SMILES string of the molecule is NNC(c1cscc1Br)c1cccc(Cl)c1Cl. The molecule has 90 valence electrons. The zero-order chi connectivity index (χ0) is 12.4. The summed E-state index contributed by atoms with van der Waals surface area (Å²) in [5.41, 5.74) is 4.67. The maximum atomic E-state index is 6.20. The molecule has 6 heteroatoms. The molecule has 1 aromatic carbocycles. The maximum absolute atomic E-state index is 6.20.